The van der Waals surface area contributed by atoms with Crippen molar-refractivity contribution in [2.24, 2.45) is 0 Å². The highest BCUT2D eigenvalue weighted by Gasteiger charge is 2.11. The van der Waals surface area contributed by atoms with Gasteiger partial charge < -0.3 is 4.72 Å². The third-order valence-corrected chi connectivity index (χ3v) is 5.34. The van der Waals surface area contributed by atoms with E-state index in [9.17, 15) is 4.21 Å². The molecule has 0 amide bonds. The molecule has 1 aromatic carbocycles. The molecule has 0 radical (unpaired) electrons. The molecule has 6 heteroatoms. The van der Waals surface area contributed by atoms with Crippen LogP contribution in [0.1, 0.15) is 5.56 Å². The summed E-state index contributed by atoms with van der Waals surface area (Å²) in [6.45, 7) is 2.00. The summed E-state index contributed by atoms with van der Waals surface area (Å²) in [7, 11) is -1.33. The lowest BCUT2D eigenvalue weighted by Gasteiger charge is -2.04. The highest BCUT2D eigenvalue weighted by molar-refractivity contribution is 7.88. The fraction of sp³-hybridized carbons (Fsp3) is 0.0909. The lowest BCUT2D eigenvalue weighted by molar-refractivity contribution is 0.687. The SMILES string of the molecule is Cc1ccc(NS(=O)c2cc(Cl)c(Cl)s2)cc1. The molecule has 0 aliphatic heterocycles. The predicted molar refractivity (Wildman–Crippen MR) is 75.5 cm³/mol. The van der Waals surface area contributed by atoms with Crippen molar-refractivity contribution in [2.75, 3.05) is 4.72 Å². The summed E-state index contributed by atoms with van der Waals surface area (Å²) in [4.78, 5) is 0. The van der Waals surface area contributed by atoms with E-state index in [0.717, 1.165) is 11.3 Å². The first kappa shape index (κ1) is 12.9. The molecule has 0 bridgehead atoms. The largest absolute Gasteiger partial charge is 0.300 e. The van der Waals surface area contributed by atoms with Gasteiger partial charge >= 0.3 is 0 Å². The van der Waals surface area contributed by atoms with Crippen LogP contribution in [0.3, 0.4) is 0 Å². The first-order valence-electron chi connectivity index (χ1n) is 4.76. The molecule has 0 fully saturated rings. The van der Waals surface area contributed by atoms with Crippen molar-refractivity contribution in [3.05, 3.63) is 45.3 Å². The molecule has 0 saturated heterocycles. The number of rotatable bonds is 3. The molecule has 0 aliphatic carbocycles. The second-order valence-corrected chi connectivity index (χ2v) is 6.93. The zero-order valence-corrected chi connectivity index (χ0v) is 12.0. The minimum absolute atomic E-state index is 0.436. The van der Waals surface area contributed by atoms with Gasteiger partial charge in [0.2, 0.25) is 0 Å². The number of thiophene rings is 1. The van der Waals surface area contributed by atoms with Crippen molar-refractivity contribution < 1.29 is 4.21 Å². The van der Waals surface area contributed by atoms with E-state index in [1.165, 1.54) is 11.3 Å². The third kappa shape index (κ3) is 3.22. The summed E-state index contributed by atoms with van der Waals surface area (Å²) < 4.78 is 15.9. The van der Waals surface area contributed by atoms with Crippen LogP contribution in [0.15, 0.2) is 34.5 Å². The van der Waals surface area contributed by atoms with Crippen molar-refractivity contribution in [1.29, 1.82) is 0 Å². The molecule has 17 heavy (non-hydrogen) atoms. The third-order valence-electron chi connectivity index (χ3n) is 2.07. The van der Waals surface area contributed by atoms with Gasteiger partial charge in [0.15, 0.2) is 11.0 Å². The van der Waals surface area contributed by atoms with E-state index < -0.39 is 11.0 Å². The zero-order valence-electron chi connectivity index (χ0n) is 8.87. The average molecular weight is 306 g/mol. The fourth-order valence-corrected chi connectivity index (χ4v) is 3.86. The number of aryl methyl sites for hydroxylation is 1. The molecule has 0 aliphatic rings. The Hall–Kier alpha value is -0.550. The van der Waals surface area contributed by atoms with Gasteiger partial charge in [0.05, 0.1) is 5.02 Å². The number of benzene rings is 1. The van der Waals surface area contributed by atoms with E-state index in [0.29, 0.717) is 13.6 Å². The predicted octanol–water partition coefficient (Wildman–Crippen LogP) is 4.50. The van der Waals surface area contributed by atoms with Crippen LogP contribution in [0.5, 0.6) is 0 Å². The topological polar surface area (TPSA) is 29.1 Å². The van der Waals surface area contributed by atoms with Crippen molar-refractivity contribution in [3.63, 3.8) is 0 Å². The lowest BCUT2D eigenvalue weighted by Crippen LogP contribution is -2.02. The summed E-state index contributed by atoms with van der Waals surface area (Å²) in [6, 6.07) is 9.28. The second-order valence-electron chi connectivity index (χ2n) is 3.42. The summed E-state index contributed by atoms with van der Waals surface area (Å²) in [5.74, 6) is 0. The van der Waals surface area contributed by atoms with E-state index in [4.69, 9.17) is 23.2 Å². The van der Waals surface area contributed by atoms with E-state index in [-0.39, 0.29) is 0 Å². The fourth-order valence-electron chi connectivity index (χ4n) is 1.20. The van der Waals surface area contributed by atoms with E-state index in [1.54, 1.807) is 6.07 Å². The van der Waals surface area contributed by atoms with Crippen molar-refractivity contribution in [2.45, 2.75) is 11.1 Å². The molecule has 1 N–H and O–H groups in total. The van der Waals surface area contributed by atoms with Gasteiger partial charge in [-0.2, -0.15) is 0 Å². The Morgan fingerprint density at radius 1 is 1.24 bits per heavy atom. The number of halogens is 2. The molecule has 2 rings (SSSR count). The molecule has 2 nitrogen and oxygen atoms in total. The van der Waals surface area contributed by atoms with Crippen LogP contribution in [0.2, 0.25) is 9.36 Å². The number of nitrogens with one attached hydrogen (secondary N) is 1. The Balaban J connectivity index is 2.14. The second kappa shape index (κ2) is 5.40. The van der Waals surface area contributed by atoms with Crippen molar-refractivity contribution in [1.82, 2.24) is 0 Å². The van der Waals surface area contributed by atoms with Crippen molar-refractivity contribution >= 4 is 51.2 Å². The Morgan fingerprint density at radius 3 is 2.41 bits per heavy atom. The standard InChI is InChI=1S/C11H9Cl2NOS2/c1-7-2-4-8(5-3-7)14-17(15)10-6-9(12)11(13)16-10/h2-6,14H,1H3. The van der Waals surface area contributed by atoms with Crippen LogP contribution < -0.4 is 4.72 Å². The molecule has 1 aromatic heterocycles. The quantitative estimate of drug-likeness (QED) is 0.889. The zero-order chi connectivity index (χ0) is 12.4. The molecule has 1 atom stereocenters. The van der Waals surface area contributed by atoms with Gasteiger partial charge in [0.25, 0.3) is 0 Å². The number of anilines is 1. The van der Waals surface area contributed by atoms with Gasteiger partial charge in [-0.1, -0.05) is 40.9 Å². The van der Waals surface area contributed by atoms with Gasteiger partial charge in [-0.05, 0) is 25.1 Å². The molecule has 0 spiro atoms. The molecular formula is C11H9Cl2NOS2. The van der Waals surface area contributed by atoms with Crippen LogP contribution >= 0.6 is 34.5 Å². The summed E-state index contributed by atoms with van der Waals surface area (Å²) >= 11 is 12.9. The Labute approximate surface area is 116 Å². The van der Waals surface area contributed by atoms with Crippen LogP contribution in [-0.2, 0) is 11.0 Å². The lowest BCUT2D eigenvalue weighted by atomic mass is 10.2. The maximum Gasteiger partial charge on any atom is 0.160 e. The number of hydrogen-bond donors (Lipinski definition) is 1. The van der Waals surface area contributed by atoms with Gasteiger partial charge in [0.1, 0.15) is 8.55 Å². The van der Waals surface area contributed by atoms with Gasteiger partial charge in [-0.25, -0.2) is 4.21 Å². The average Bonchev–Trinajstić information content (AvgIpc) is 2.63. The Morgan fingerprint density at radius 2 is 1.88 bits per heavy atom. The first-order chi connectivity index (χ1) is 8.06. The Kier molecular flexibility index (Phi) is 4.09. The maximum atomic E-state index is 12.0. The smallest absolute Gasteiger partial charge is 0.160 e. The highest BCUT2D eigenvalue weighted by atomic mass is 35.5. The maximum absolute atomic E-state index is 12.0. The van der Waals surface area contributed by atoms with Crippen LogP contribution in [0, 0.1) is 6.92 Å². The monoisotopic (exact) mass is 305 g/mol. The number of hydrogen-bond acceptors (Lipinski definition) is 2. The van der Waals surface area contributed by atoms with Gasteiger partial charge in [-0.15, -0.1) is 11.3 Å². The Bertz CT molecular complexity index is 532. The van der Waals surface area contributed by atoms with Crippen LogP contribution in [-0.4, -0.2) is 4.21 Å². The van der Waals surface area contributed by atoms with Crippen LogP contribution in [0.25, 0.3) is 0 Å². The van der Waals surface area contributed by atoms with Crippen molar-refractivity contribution in [3.8, 4) is 0 Å². The van der Waals surface area contributed by atoms with Crippen LogP contribution in [0.4, 0.5) is 5.69 Å². The minimum atomic E-state index is -1.33. The summed E-state index contributed by atoms with van der Waals surface area (Å²) in [5, 5.41) is 0.436. The molecule has 1 heterocycles. The highest BCUT2D eigenvalue weighted by Crippen LogP contribution is 2.33. The molecule has 1 unspecified atom stereocenters. The van der Waals surface area contributed by atoms with Gasteiger partial charge in [0, 0.05) is 5.69 Å². The van der Waals surface area contributed by atoms with E-state index in [2.05, 4.69) is 4.72 Å². The molecule has 90 valence electrons. The van der Waals surface area contributed by atoms with E-state index in [1.807, 2.05) is 31.2 Å². The molecular weight excluding hydrogens is 297 g/mol. The minimum Gasteiger partial charge on any atom is -0.300 e. The summed E-state index contributed by atoms with van der Waals surface area (Å²) in [6.07, 6.45) is 0. The van der Waals surface area contributed by atoms with Gasteiger partial charge in [-0.3, -0.25) is 0 Å². The molecule has 2 aromatic rings. The molecule has 0 saturated carbocycles. The first-order valence-corrected chi connectivity index (χ1v) is 7.48. The van der Waals surface area contributed by atoms with E-state index >= 15 is 0 Å². The normalized spacial score (nSPS) is 12.4. The summed E-state index contributed by atoms with van der Waals surface area (Å²) in [5.41, 5.74) is 1.96.